The van der Waals surface area contributed by atoms with Crippen LogP contribution in [0.1, 0.15) is 118 Å². The molecular weight excluding hydrogens is 819 g/mol. The number of hydrogen-bond donors (Lipinski definition) is 5. The van der Waals surface area contributed by atoms with Crippen LogP contribution in [-0.4, -0.2) is 90.4 Å². The van der Waals surface area contributed by atoms with E-state index in [2.05, 4.69) is 21.3 Å². The Kier molecular flexibility index (Phi) is 20.0. The molecule has 15 nitrogen and oxygen atoms in total. The van der Waals surface area contributed by atoms with Crippen LogP contribution in [-0.2, 0) is 48.5 Å². The summed E-state index contributed by atoms with van der Waals surface area (Å²) in [6.45, 7) is 15.2. The molecule has 0 aromatic heterocycles. The van der Waals surface area contributed by atoms with Crippen molar-refractivity contribution in [2.45, 2.75) is 141 Å². The number of carbonyl (C=O) groups is 6. The molecule has 0 bridgehead atoms. The van der Waals surface area contributed by atoms with Crippen LogP contribution in [0.3, 0.4) is 0 Å². The van der Waals surface area contributed by atoms with Gasteiger partial charge in [0.1, 0.15) is 41.0 Å². The number of amides is 4. The molecule has 0 aliphatic carbocycles. The molecule has 0 saturated carbocycles. The summed E-state index contributed by atoms with van der Waals surface area (Å²) in [6, 6.07) is 25.3. The van der Waals surface area contributed by atoms with Gasteiger partial charge in [-0.15, -0.1) is 0 Å². The Morgan fingerprint density at radius 2 is 0.984 bits per heavy atom. The van der Waals surface area contributed by atoms with Crippen molar-refractivity contribution >= 4 is 35.8 Å². The summed E-state index contributed by atoms with van der Waals surface area (Å²) >= 11 is 0. The number of hydrogen-bond acceptors (Lipinski definition) is 11. The average Bonchev–Trinajstić information content (AvgIpc) is 3.21. The maximum absolute atomic E-state index is 14.3. The SMILES string of the molecule is CC(C)(C)OC(=O)CC[C@H](N)C(=O)N[C@@H](CCCCNC(=O)OC(C)(C)C)C(=O)N[C@@H](CCOC(c1ccccc1)(c1ccccc1)c1ccccc1)C(=O)NCC(=O)OC(C)(C)C. The highest BCUT2D eigenvalue weighted by atomic mass is 16.6. The molecule has 3 atom stereocenters. The standard InChI is InChI=1S/C49H69N5O10/c1-46(2,3)62-40(55)29-28-37(50)42(57)53-38(27-19-20-31-51-45(60)64-48(7,8)9)44(59)54-39(43(58)52-33-41(56)63-47(4,5)6)30-32-61-49(34-21-13-10-14-22-34,35-23-15-11-16-24-35)36-25-17-12-18-26-36/h10-18,21-26,37-39H,19-20,27-33,50H2,1-9H3,(H,51,60)(H,52,58)(H,53,57)(H,54,59)/t37-,38-,39-/m0/s1. The summed E-state index contributed by atoms with van der Waals surface area (Å²) in [5, 5.41) is 10.8. The largest absolute Gasteiger partial charge is 0.460 e. The molecule has 3 rings (SSSR count). The van der Waals surface area contributed by atoms with Crippen molar-refractivity contribution in [3.05, 3.63) is 108 Å². The highest BCUT2D eigenvalue weighted by molar-refractivity contribution is 5.93. The Morgan fingerprint density at radius 3 is 1.47 bits per heavy atom. The molecule has 0 fully saturated rings. The van der Waals surface area contributed by atoms with Gasteiger partial charge in [0.15, 0.2) is 0 Å². The lowest BCUT2D eigenvalue weighted by atomic mass is 9.80. The first-order chi connectivity index (χ1) is 30.0. The third-order valence-electron chi connectivity index (χ3n) is 9.36. The lowest BCUT2D eigenvalue weighted by molar-refractivity contribution is -0.155. The molecule has 0 spiro atoms. The fourth-order valence-electron chi connectivity index (χ4n) is 6.62. The molecule has 0 heterocycles. The highest BCUT2D eigenvalue weighted by Gasteiger charge is 2.38. The van der Waals surface area contributed by atoms with Crippen molar-refractivity contribution in [2.24, 2.45) is 5.73 Å². The summed E-state index contributed by atoms with van der Waals surface area (Å²) < 4.78 is 23.0. The molecule has 3 aromatic rings. The second-order valence-electron chi connectivity index (χ2n) is 18.5. The van der Waals surface area contributed by atoms with Crippen molar-refractivity contribution in [1.82, 2.24) is 21.3 Å². The molecule has 3 aromatic carbocycles. The summed E-state index contributed by atoms with van der Waals surface area (Å²) in [7, 11) is 0. The Bertz CT molecular complexity index is 1860. The van der Waals surface area contributed by atoms with Crippen LogP contribution in [0.2, 0.25) is 0 Å². The number of carbonyl (C=O) groups excluding carboxylic acids is 6. The van der Waals surface area contributed by atoms with Crippen molar-refractivity contribution < 1.29 is 47.7 Å². The van der Waals surface area contributed by atoms with Crippen LogP contribution in [0, 0.1) is 0 Å². The van der Waals surface area contributed by atoms with Crippen LogP contribution in [0.5, 0.6) is 0 Å². The van der Waals surface area contributed by atoms with Gasteiger partial charge in [0.2, 0.25) is 17.7 Å². The number of nitrogens with one attached hydrogen (secondary N) is 4. The zero-order chi connectivity index (χ0) is 47.6. The zero-order valence-corrected chi connectivity index (χ0v) is 38.9. The van der Waals surface area contributed by atoms with Crippen molar-refractivity contribution in [1.29, 1.82) is 0 Å². The normalized spacial score (nSPS) is 13.3. The van der Waals surface area contributed by atoms with E-state index in [0.29, 0.717) is 12.8 Å². The smallest absolute Gasteiger partial charge is 0.407 e. The van der Waals surface area contributed by atoms with Gasteiger partial charge in [-0.2, -0.15) is 0 Å². The van der Waals surface area contributed by atoms with Gasteiger partial charge in [-0.25, -0.2) is 4.79 Å². The number of rotatable bonds is 22. The van der Waals surface area contributed by atoms with Crippen molar-refractivity contribution in [3.63, 3.8) is 0 Å². The maximum atomic E-state index is 14.3. The second-order valence-corrected chi connectivity index (χ2v) is 18.5. The van der Waals surface area contributed by atoms with E-state index < -0.39 is 82.8 Å². The molecule has 4 amide bonds. The number of nitrogens with two attached hydrogens (primary N) is 1. The van der Waals surface area contributed by atoms with Crippen molar-refractivity contribution in [2.75, 3.05) is 19.7 Å². The molecule has 6 N–H and O–H groups in total. The van der Waals surface area contributed by atoms with Gasteiger partial charge in [0.25, 0.3) is 0 Å². The van der Waals surface area contributed by atoms with Gasteiger partial charge in [0, 0.05) is 19.4 Å². The monoisotopic (exact) mass is 888 g/mol. The van der Waals surface area contributed by atoms with Crippen LogP contribution >= 0.6 is 0 Å². The van der Waals surface area contributed by atoms with Crippen LogP contribution in [0.25, 0.3) is 0 Å². The van der Waals surface area contributed by atoms with Gasteiger partial charge in [-0.3, -0.25) is 24.0 Å². The van der Waals surface area contributed by atoms with Gasteiger partial charge < -0.3 is 45.9 Å². The lowest BCUT2D eigenvalue weighted by Crippen LogP contribution is -2.56. The first kappa shape index (κ1) is 52.5. The molecular formula is C49H69N5O10. The van der Waals surface area contributed by atoms with Gasteiger partial charge in [0.05, 0.1) is 12.6 Å². The predicted octanol–water partition coefficient (Wildman–Crippen LogP) is 5.96. The summed E-state index contributed by atoms with van der Waals surface area (Å²) in [6.07, 6.45) is 0.0308. The molecule has 0 radical (unpaired) electrons. The maximum Gasteiger partial charge on any atom is 0.407 e. The molecule has 350 valence electrons. The summed E-state index contributed by atoms with van der Waals surface area (Å²) in [5.41, 5.74) is 5.34. The fourth-order valence-corrected chi connectivity index (χ4v) is 6.62. The predicted molar refractivity (Wildman–Crippen MR) is 244 cm³/mol. The molecule has 0 aliphatic rings. The molecule has 0 unspecified atom stereocenters. The highest BCUT2D eigenvalue weighted by Crippen LogP contribution is 2.40. The Hall–Kier alpha value is -5.80. The Labute approximate surface area is 378 Å². The minimum Gasteiger partial charge on any atom is -0.460 e. The van der Waals surface area contributed by atoms with E-state index in [1.165, 1.54) is 0 Å². The summed E-state index contributed by atoms with van der Waals surface area (Å²) in [5.74, 6) is -3.29. The minimum atomic E-state index is -1.26. The average molecular weight is 888 g/mol. The van der Waals surface area contributed by atoms with Crippen LogP contribution in [0.4, 0.5) is 4.79 Å². The quantitative estimate of drug-likeness (QED) is 0.0344. The van der Waals surface area contributed by atoms with E-state index >= 15 is 0 Å². The number of unbranched alkanes of at least 4 members (excludes halogenated alkanes) is 1. The van der Waals surface area contributed by atoms with Gasteiger partial charge in [-0.1, -0.05) is 91.0 Å². The second kappa shape index (κ2) is 24.3. The number of benzene rings is 3. The lowest BCUT2D eigenvalue weighted by Gasteiger charge is -2.36. The first-order valence-electron chi connectivity index (χ1n) is 21.8. The molecule has 15 heteroatoms. The van der Waals surface area contributed by atoms with E-state index in [4.69, 9.17) is 24.7 Å². The Morgan fingerprint density at radius 1 is 0.531 bits per heavy atom. The van der Waals surface area contributed by atoms with Gasteiger partial charge >= 0.3 is 18.0 Å². The van der Waals surface area contributed by atoms with E-state index in [9.17, 15) is 28.8 Å². The minimum absolute atomic E-state index is 0.0477. The van der Waals surface area contributed by atoms with Crippen LogP contribution in [0.15, 0.2) is 91.0 Å². The van der Waals surface area contributed by atoms with Crippen LogP contribution < -0.4 is 27.0 Å². The number of alkyl carbamates (subject to hydrolysis) is 1. The molecule has 64 heavy (non-hydrogen) atoms. The topological polar surface area (TPSA) is 213 Å². The number of ether oxygens (including phenoxy) is 4. The Balaban J connectivity index is 1.92. The first-order valence-corrected chi connectivity index (χ1v) is 21.8. The van der Waals surface area contributed by atoms with E-state index in [0.717, 1.165) is 16.7 Å². The van der Waals surface area contributed by atoms with Gasteiger partial charge in [-0.05, 0) is 105 Å². The zero-order valence-electron chi connectivity index (χ0n) is 38.9. The van der Waals surface area contributed by atoms with Crippen molar-refractivity contribution in [3.8, 4) is 0 Å². The summed E-state index contributed by atoms with van der Waals surface area (Å²) in [4.78, 5) is 79.0. The van der Waals surface area contributed by atoms with E-state index in [1.807, 2.05) is 91.0 Å². The van der Waals surface area contributed by atoms with E-state index in [-0.39, 0.29) is 38.8 Å². The number of esters is 2. The van der Waals surface area contributed by atoms with E-state index in [1.54, 1.807) is 62.3 Å². The molecule has 0 saturated heterocycles. The third kappa shape index (κ3) is 18.5. The molecule has 0 aliphatic heterocycles. The third-order valence-corrected chi connectivity index (χ3v) is 9.36. The fraction of sp³-hybridized carbons (Fsp3) is 0.510.